The number of cyclic esters (lactones) is 1. The highest BCUT2D eigenvalue weighted by molar-refractivity contribution is 5.94. The minimum absolute atomic E-state index is 0.152. The van der Waals surface area contributed by atoms with Gasteiger partial charge in [-0.2, -0.15) is 0 Å². The van der Waals surface area contributed by atoms with Crippen LogP contribution in [0.3, 0.4) is 0 Å². The summed E-state index contributed by atoms with van der Waals surface area (Å²) in [5.41, 5.74) is 3.43. The summed E-state index contributed by atoms with van der Waals surface area (Å²) in [5.74, 6) is -1.44. The van der Waals surface area contributed by atoms with Crippen molar-refractivity contribution in [1.29, 1.82) is 0 Å². The standard InChI is InChI=1S/C27H26FN3O6/c1-4-27(36-3)16-7-20-24-14(9-31(20)25(34)15(16)11-37-26(27)35)23-18(29-21(33)10-32)6-5-13-12(2)17(28)8-19(30-24)22(13)23/h7-8,18,32H,4-6,9-11H2,1-3H3,(H,29,33). The maximum absolute atomic E-state index is 14.9. The number of nitrogens with zero attached hydrogens (tertiary/aromatic N) is 2. The van der Waals surface area contributed by atoms with E-state index in [2.05, 4.69) is 5.32 Å². The summed E-state index contributed by atoms with van der Waals surface area (Å²) < 4.78 is 27.5. The number of carbonyl (C=O) groups excluding carboxylic acids is 2. The Kier molecular flexibility index (Phi) is 5.26. The van der Waals surface area contributed by atoms with Gasteiger partial charge in [0.2, 0.25) is 5.91 Å². The SMILES string of the molecule is CCC1(OC)C(=O)OCc2c1cc1n(c2=O)Cc2c-1nc1cc(F)c(C)c3c1c2C(NC(=O)CO)CC3. The van der Waals surface area contributed by atoms with Crippen LogP contribution in [0, 0.1) is 12.7 Å². The molecular formula is C27H26FN3O6. The van der Waals surface area contributed by atoms with Crippen molar-refractivity contribution < 1.29 is 28.6 Å². The second-order valence-corrected chi connectivity index (χ2v) is 9.80. The number of halogens is 1. The van der Waals surface area contributed by atoms with Gasteiger partial charge in [-0.1, -0.05) is 6.92 Å². The Morgan fingerprint density at radius 3 is 2.81 bits per heavy atom. The minimum Gasteiger partial charge on any atom is -0.458 e. The highest BCUT2D eigenvalue weighted by atomic mass is 19.1. The van der Waals surface area contributed by atoms with E-state index in [0.717, 1.165) is 22.1 Å². The third kappa shape index (κ3) is 3.09. The molecule has 2 aliphatic heterocycles. The predicted octanol–water partition coefficient (Wildman–Crippen LogP) is 2.28. The predicted molar refractivity (Wildman–Crippen MR) is 130 cm³/mol. The van der Waals surface area contributed by atoms with Gasteiger partial charge >= 0.3 is 5.97 Å². The van der Waals surface area contributed by atoms with Crippen molar-refractivity contribution in [1.82, 2.24) is 14.9 Å². The fourth-order valence-electron chi connectivity index (χ4n) is 6.27. The van der Waals surface area contributed by atoms with Crippen molar-refractivity contribution in [3.05, 3.63) is 61.7 Å². The van der Waals surface area contributed by atoms with Crippen molar-refractivity contribution in [2.45, 2.75) is 57.9 Å². The van der Waals surface area contributed by atoms with Crippen molar-refractivity contribution in [2.75, 3.05) is 13.7 Å². The lowest BCUT2D eigenvalue weighted by Crippen LogP contribution is -2.45. The van der Waals surface area contributed by atoms with Crippen LogP contribution < -0.4 is 10.9 Å². The first-order chi connectivity index (χ1) is 17.7. The molecule has 10 heteroatoms. The van der Waals surface area contributed by atoms with Crippen LogP contribution in [-0.4, -0.2) is 40.3 Å². The van der Waals surface area contributed by atoms with Gasteiger partial charge in [0.1, 0.15) is 19.0 Å². The fraction of sp³-hybridized carbons (Fsp3) is 0.407. The summed E-state index contributed by atoms with van der Waals surface area (Å²) in [7, 11) is 1.41. The number of rotatable bonds is 4. The number of pyridine rings is 2. The number of esters is 1. The number of benzene rings is 1. The molecule has 0 bridgehead atoms. The van der Waals surface area contributed by atoms with Crippen molar-refractivity contribution in [3.63, 3.8) is 0 Å². The second-order valence-electron chi connectivity index (χ2n) is 9.80. The Morgan fingerprint density at radius 2 is 2.11 bits per heavy atom. The highest BCUT2D eigenvalue weighted by Crippen LogP contribution is 2.46. The molecule has 3 aliphatic rings. The normalized spacial score (nSPS) is 21.3. The molecule has 0 fully saturated rings. The first-order valence-electron chi connectivity index (χ1n) is 12.3. The summed E-state index contributed by atoms with van der Waals surface area (Å²) in [6, 6.07) is 2.71. The maximum Gasteiger partial charge on any atom is 0.343 e. The Balaban J connectivity index is 1.66. The molecule has 2 aromatic heterocycles. The molecule has 0 spiro atoms. The number of hydrogen-bond donors (Lipinski definition) is 2. The molecule has 6 rings (SSSR count). The molecule has 3 aromatic rings. The number of aryl methyl sites for hydroxylation is 1. The van der Waals surface area contributed by atoms with E-state index in [-0.39, 0.29) is 30.9 Å². The Bertz CT molecular complexity index is 1590. The van der Waals surface area contributed by atoms with Crippen molar-refractivity contribution in [2.24, 2.45) is 0 Å². The molecule has 1 aliphatic carbocycles. The monoisotopic (exact) mass is 507 g/mol. The molecular weight excluding hydrogens is 481 g/mol. The van der Waals surface area contributed by atoms with Gasteiger partial charge in [0.25, 0.3) is 5.56 Å². The highest BCUT2D eigenvalue weighted by Gasteiger charge is 2.47. The number of methoxy groups -OCH3 is 1. The van der Waals surface area contributed by atoms with Gasteiger partial charge in [0.05, 0.1) is 35.1 Å². The number of aromatic nitrogens is 2. The number of hydrogen-bond acceptors (Lipinski definition) is 7. The smallest absolute Gasteiger partial charge is 0.343 e. The number of amides is 1. The van der Waals surface area contributed by atoms with E-state index in [0.29, 0.717) is 46.4 Å². The van der Waals surface area contributed by atoms with E-state index in [1.807, 2.05) is 0 Å². The quantitative estimate of drug-likeness (QED) is 0.407. The zero-order chi connectivity index (χ0) is 26.2. The molecule has 0 saturated carbocycles. The lowest BCUT2D eigenvalue weighted by molar-refractivity contribution is -0.176. The molecule has 192 valence electrons. The number of ether oxygens (including phenoxy) is 2. The number of carbonyl (C=O) groups is 2. The molecule has 37 heavy (non-hydrogen) atoms. The number of aliphatic hydroxyl groups excluding tert-OH is 1. The van der Waals surface area contributed by atoms with E-state index in [4.69, 9.17) is 14.5 Å². The number of fused-ring (bicyclic) bond motifs is 5. The van der Waals surface area contributed by atoms with Gasteiger partial charge in [-0.15, -0.1) is 0 Å². The first-order valence-corrected chi connectivity index (χ1v) is 12.3. The first kappa shape index (κ1) is 23.7. The van der Waals surface area contributed by atoms with Crippen LogP contribution in [0.2, 0.25) is 0 Å². The molecule has 4 heterocycles. The minimum atomic E-state index is -1.41. The summed E-state index contributed by atoms with van der Waals surface area (Å²) in [6.45, 7) is 2.92. The Labute approximate surface area is 211 Å². The Hall–Kier alpha value is -3.63. The zero-order valence-electron chi connectivity index (χ0n) is 20.7. The van der Waals surface area contributed by atoms with Gasteiger partial charge in [0.15, 0.2) is 5.60 Å². The van der Waals surface area contributed by atoms with Crippen LogP contribution in [0.25, 0.3) is 22.3 Å². The van der Waals surface area contributed by atoms with Crippen molar-refractivity contribution in [3.8, 4) is 11.4 Å². The number of nitrogens with one attached hydrogen (secondary N) is 1. The summed E-state index contributed by atoms with van der Waals surface area (Å²) in [4.78, 5) is 43.5. The van der Waals surface area contributed by atoms with Gasteiger partial charge in [-0.25, -0.2) is 14.2 Å². The van der Waals surface area contributed by atoms with Gasteiger partial charge in [-0.3, -0.25) is 9.59 Å². The lowest BCUT2D eigenvalue weighted by atomic mass is 9.81. The van der Waals surface area contributed by atoms with Crippen LogP contribution in [0.1, 0.15) is 59.2 Å². The molecule has 0 saturated heterocycles. The molecule has 2 N–H and O–H groups in total. The Morgan fingerprint density at radius 1 is 1.32 bits per heavy atom. The third-order valence-corrected chi connectivity index (χ3v) is 8.17. The molecule has 2 atom stereocenters. The van der Waals surface area contributed by atoms with Crippen molar-refractivity contribution >= 4 is 22.8 Å². The molecule has 0 radical (unpaired) electrons. The molecule has 1 aromatic carbocycles. The summed E-state index contributed by atoms with van der Waals surface area (Å²) in [5, 5.41) is 13.0. The van der Waals surface area contributed by atoms with Crippen LogP contribution in [-0.2, 0) is 44.2 Å². The average molecular weight is 508 g/mol. The van der Waals surface area contributed by atoms with E-state index < -0.39 is 30.1 Å². The van der Waals surface area contributed by atoms with Gasteiger partial charge in [-0.05, 0) is 48.9 Å². The molecule has 1 amide bonds. The van der Waals surface area contributed by atoms with Crippen LogP contribution in [0.15, 0.2) is 16.9 Å². The molecule has 2 unspecified atom stereocenters. The van der Waals surface area contributed by atoms with Gasteiger partial charge < -0.3 is 24.5 Å². The second kappa shape index (κ2) is 8.19. The topological polar surface area (TPSA) is 120 Å². The lowest BCUT2D eigenvalue weighted by Gasteiger charge is -2.35. The number of aliphatic hydroxyl groups is 1. The van der Waals surface area contributed by atoms with Crippen LogP contribution in [0.4, 0.5) is 4.39 Å². The van der Waals surface area contributed by atoms with E-state index in [1.165, 1.54) is 13.2 Å². The summed E-state index contributed by atoms with van der Waals surface area (Å²) in [6.07, 6.45) is 1.32. The van der Waals surface area contributed by atoms with Crippen LogP contribution >= 0.6 is 0 Å². The van der Waals surface area contributed by atoms with Crippen LogP contribution in [0.5, 0.6) is 0 Å². The van der Waals surface area contributed by atoms with E-state index >= 15 is 0 Å². The maximum atomic E-state index is 14.9. The van der Waals surface area contributed by atoms with Gasteiger partial charge in [0, 0.05) is 29.7 Å². The fourth-order valence-corrected chi connectivity index (χ4v) is 6.27. The molecule has 9 nitrogen and oxygen atoms in total. The van der Waals surface area contributed by atoms with E-state index in [9.17, 15) is 23.9 Å². The third-order valence-electron chi connectivity index (χ3n) is 8.17. The zero-order valence-corrected chi connectivity index (χ0v) is 20.7. The average Bonchev–Trinajstić information content (AvgIpc) is 3.26. The largest absolute Gasteiger partial charge is 0.458 e. The van der Waals surface area contributed by atoms with E-state index in [1.54, 1.807) is 24.5 Å². The summed E-state index contributed by atoms with van der Waals surface area (Å²) >= 11 is 0.